The van der Waals surface area contributed by atoms with Crippen molar-refractivity contribution >= 4 is 10.0 Å². The van der Waals surface area contributed by atoms with Crippen LogP contribution in [0.5, 0.6) is 0 Å². The highest BCUT2D eigenvalue weighted by molar-refractivity contribution is 7.89. The fourth-order valence-corrected chi connectivity index (χ4v) is 2.57. The van der Waals surface area contributed by atoms with Crippen LogP contribution < -0.4 is 5.73 Å². The number of rotatable bonds is 4. The summed E-state index contributed by atoms with van der Waals surface area (Å²) in [5, 5.41) is 0. The van der Waals surface area contributed by atoms with Crippen molar-refractivity contribution in [3.63, 3.8) is 0 Å². The van der Waals surface area contributed by atoms with Crippen LogP contribution in [0.4, 0.5) is 8.78 Å². The molecule has 0 heterocycles. The minimum Gasteiger partial charge on any atom is -0.329 e. The van der Waals surface area contributed by atoms with E-state index in [1.807, 2.05) is 0 Å². The number of halogens is 2. The topological polar surface area (TPSA) is 63.4 Å². The van der Waals surface area contributed by atoms with E-state index >= 15 is 0 Å². The van der Waals surface area contributed by atoms with Gasteiger partial charge in [0.1, 0.15) is 0 Å². The van der Waals surface area contributed by atoms with Crippen LogP contribution in [0.2, 0.25) is 0 Å². The molecule has 1 atom stereocenters. The van der Waals surface area contributed by atoms with E-state index in [1.54, 1.807) is 6.92 Å². The molecule has 1 aromatic rings. The molecule has 0 saturated heterocycles. The molecule has 4 nitrogen and oxygen atoms in total. The largest absolute Gasteiger partial charge is 0.329 e. The predicted molar refractivity (Wildman–Crippen MR) is 59.8 cm³/mol. The van der Waals surface area contributed by atoms with Crippen LogP contribution in [-0.2, 0) is 10.0 Å². The van der Waals surface area contributed by atoms with Crippen molar-refractivity contribution < 1.29 is 17.2 Å². The summed E-state index contributed by atoms with van der Waals surface area (Å²) < 4.78 is 50.7. The smallest absolute Gasteiger partial charge is 0.243 e. The second-order valence-electron chi connectivity index (χ2n) is 3.68. The van der Waals surface area contributed by atoms with E-state index in [0.717, 1.165) is 16.4 Å². The van der Waals surface area contributed by atoms with Gasteiger partial charge in [0.2, 0.25) is 10.0 Å². The van der Waals surface area contributed by atoms with Gasteiger partial charge in [-0.25, -0.2) is 17.2 Å². The molecule has 7 heteroatoms. The van der Waals surface area contributed by atoms with Crippen molar-refractivity contribution in [1.82, 2.24) is 4.31 Å². The molecule has 0 amide bonds. The van der Waals surface area contributed by atoms with Crippen molar-refractivity contribution in [3.05, 3.63) is 29.8 Å². The van der Waals surface area contributed by atoms with Crippen molar-refractivity contribution in [1.29, 1.82) is 0 Å². The van der Waals surface area contributed by atoms with Gasteiger partial charge in [-0.05, 0) is 25.1 Å². The molecule has 0 spiro atoms. The summed E-state index contributed by atoms with van der Waals surface area (Å²) in [6, 6.07) is 2.04. The number of benzene rings is 1. The Bertz CT molecular complexity index is 505. The van der Waals surface area contributed by atoms with Crippen LogP contribution >= 0.6 is 0 Å². The van der Waals surface area contributed by atoms with Gasteiger partial charge in [0, 0.05) is 19.6 Å². The van der Waals surface area contributed by atoms with Gasteiger partial charge in [-0.2, -0.15) is 4.31 Å². The lowest BCUT2D eigenvalue weighted by molar-refractivity contribution is 0.394. The molecular weight excluding hydrogens is 250 g/mol. The normalized spacial score (nSPS) is 14.0. The predicted octanol–water partition coefficient (Wildman–Crippen LogP) is 0.933. The molecule has 0 aliphatic carbocycles. The summed E-state index contributed by atoms with van der Waals surface area (Å²) in [6.07, 6.45) is 0. The fourth-order valence-electron chi connectivity index (χ4n) is 1.19. The Labute approximate surface area is 99.1 Å². The van der Waals surface area contributed by atoms with Crippen LogP contribution in [-0.4, -0.2) is 32.4 Å². The van der Waals surface area contributed by atoms with Gasteiger partial charge in [-0.15, -0.1) is 0 Å². The molecule has 17 heavy (non-hydrogen) atoms. The first-order valence-corrected chi connectivity index (χ1v) is 6.38. The molecule has 96 valence electrons. The van der Waals surface area contributed by atoms with Crippen LogP contribution in [0.15, 0.2) is 23.1 Å². The highest BCUT2D eigenvalue weighted by Gasteiger charge is 2.25. The molecule has 1 unspecified atom stereocenters. The zero-order chi connectivity index (χ0) is 13.2. The Kier molecular flexibility index (Phi) is 4.18. The highest BCUT2D eigenvalue weighted by Crippen LogP contribution is 2.18. The number of nitrogens with two attached hydrogens (primary N) is 1. The molecule has 1 rings (SSSR count). The van der Waals surface area contributed by atoms with Gasteiger partial charge >= 0.3 is 0 Å². The minimum absolute atomic E-state index is 0.138. The molecular formula is C10H14F2N2O2S. The maximum absolute atomic E-state index is 13.0. The van der Waals surface area contributed by atoms with Gasteiger partial charge in [-0.1, -0.05) is 0 Å². The summed E-state index contributed by atoms with van der Waals surface area (Å²) in [4.78, 5) is -0.292. The summed E-state index contributed by atoms with van der Waals surface area (Å²) in [7, 11) is -2.50. The van der Waals surface area contributed by atoms with Crippen LogP contribution in [0.1, 0.15) is 6.92 Å². The monoisotopic (exact) mass is 264 g/mol. The maximum atomic E-state index is 13.0. The zero-order valence-corrected chi connectivity index (χ0v) is 10.3. The van der Waals surface area contributed by atoms with Crippen molar-refractivity contribution in [2.24, 2.45) is 5.73 Å². The summed E-state index contributed by atoms with van der Waals surface area (Å²) in [5.41, 5.74) is 5.36. The van der Waals surface area contributed by atoms with Crippen LogP contribution in [0.25, 0.3) is 0 Å². The van der Waals surface area contributed by atoms with Gasteiger partial charge < -0.3 is 5.73 Å². The lowest BCUT2D eigenvalue weighted by atomic mass is 10.3. The SMILES string of the molecule is CC(CN)N(C)S(=O)(=O)c1ccc(F)c(F)c1. The summed E-state index contributed by atoms with van der Waals surface area (Å²) >= 11 is 0. The fraction of sp³-hybridized carbons (Fsp3) is 0.400. The van der Waals surface area contributed by atoms with E-state index in [4.69, 9.17) is 5.73 Å². The van der Waals surface area contributed by atoms with Crippen molar-refractivity contribution in [2.75, 3.05) is 13.6 Å². The quantitative estimate of drug-likeness (QED) is 0.880. The molecule has 0 fully saturated rings. The summed E-state index contributed by atoms with van der Waals surface area (Å²) in [5.74, 6) is -2.28. The van der Waals surface area contributed by atoms with Crippen molar-refractivity contribution in [2.45, 2.75) is 17.9 Å². The molecule has 0 aliphatic rings. The number of sulfonamides is 1. The number of nitrogens with zero attached hydrogens (tertiary/aromatic N) is 1. The Morgan fingerprint density at radius 3 is 2.41 bits per heavy atom. The third kappa shape index (κ3) is 2.80. The van der Waals surface area contributed by atoms with E-state index in [-0.39, 0.29) is 11.4 Å². The van der Waals surface area contributed by atoms with Crippen molar-refractivity contribution in [3.8, 4) is 0 Å². The molecule has 0 aliphatic heterocycles. The Morgan fingerprint density at radius 1 is 1.35 bits per heavy atom. The standard InChI is InChI=1S/C10H14F2N2O2S/c1-7(6-13)14(2)17(15,16)8-3-4-9(11)10(12)5-8/h3-5,7H,6,13H2,1-2H3. The van der Waals surface area contributed by atoms with Gasteiger partial charge in [0.15, 0.2) is 11.6 Å². The van der Waals surface area contributed by atoms with E-state index in [9.17, 15) is 17.2 Å². The second-order valence-corrected chi connectivity index (χ2v) is 5.68. The van der Waals surface area contributed by atoms with E-state index < -0.39 is 27.7 Å². The Morgan fingerprint density at radius 2 is 1.94 bits per heavy atom. The average molecular weight is 264 g/mol. The molecule has 0 saturated carbocycles. The Balaban J connectivity index is 3.17. The average Bonchev–Trinajstić information content (AvgIpc) is 2.30. The van der Waals surface area contributed by atoms with Gasteiger partial charge in [0.25, 0.3) is 0 Å². The molecule has 0 aromatic heterocycles. The minimum atomic E-state index is -3.84. The van der Waals surface area contributed by atoms with Gasteiger partial charge in [0.05, 0.1) is 4.90 Å². The first kappa shape index (κ1) is 14.0. The third-order valence-electron chi connectivity index (χ3n) is 2.53. The molecule has 2 N–H and O–H groups in total. The molecule has 0 radical (unpaired) electrons. The molecule has 1 aromatic carbocycles. The van der Waals surface area contributed by atoms with E-state index in [1.165, 1.54) is 7.05 Å². The number of likely N-dealkylation sites (N-methyl/N-ethyl adjacent to an activating group) is 1. The first-order valence-electron chi connectivity index (χ1n) is 4.94. The maximum Gasteiger partial charge on any atom is 0.243 e. The zero-order valence-electron chi connectivity index (χ0n) is 9.52. The van der Waals surface area contributed by atoms with E-state index in [2.05, 4.69) is 0 Å². The number of hydrogen-bond donors (Lipinski definition) is 1. The molecule has 0 bridgehead atoms. The third-order valence-corrected chi connectivity index (χ3v) is 4.50. The highest BCUT2D eigenvalue weighted by atomic mass is 32.2. The van der Waals surface area contributed by atoms with Crippen LogP contribution in [0, 0.1) is 11.6 Å². The Hall–Kier alpha value is -1.05. The number of hydrogen-bond acceptors (Lipinski definition) is 3. The first-order chi connectivity index (χ1) is 7.80. The lowest BCUT2D eigenvalue weighted by Crippen LogP contribution is -2.39. The van der Waals surface area contributed by atoms with Crippen LogP contribution in [0.3, 0.4) is 0 Å². The lowest BCUT2D eigenvalue weighted by Gasteiger charge is -2.22. The van der Waals surface area contributed by atoms with Gasteiger partial charge in [-0.3, -0.25) is 0 Å². The summed E-state index contributed by atoms with van der Waals surface area (Å²) in [6.45, 7) is 1.76. The second kappa shape index (κ2) is 5.07. The van der Waals surface area contributed by atoms with E-state index in [0.29, 0.717) is 6.07 Å².